The summed E-state index contributed by atoms with van der Waals surface area (Å²) < 4.78 is 0. The smallest absolute Gasteiger partial charge is 0.247 e. The molecule has 0 bridgehead atoms. The number of allylic oxidation sites excluding steroid dienone is 15. The SMILES string of the molecule is CCCCC/C=C\C/C=C\C/C=C\C/C=C\CCCC(=O)OOC(=O)/C=C/C=C/C=C/C=C/CCCCCCCCCCC. The lowest BCUT2D eigenvalue weighted by molar-refractivity contribution is -0.254. The molecular formula is C40H62O4. The third kappa shape index (κ3) is 35.1. The third-order valence-corrected chi connectivity index (χ3v) is 6.82. The molecular weight excluding hydrogens is 544 g/mol. The molecule has 0 aliphatic carbocycles. The van der Waals surface area contributed by atoms with E-state index in [0.29, 0.717) is 6.42 Å². The van der Waals surface area contributed by atoms with Crippen molar-refractivity contribution >= 4 is 11.9 Å². The van der Waals surface area contributed by atoms with Crippen LogP contribution in [0.15, 0.2) is 97.2 Å². The Morgan fingerprint density at radius 3 is 1.48 bits per heavy atom. The van der Waals surface area contributed by atoms with Crippen molar-refractivity contribution in [2.75, 3.05) is 0 Å². The Labute approximate surface area is 270 Å². The van der Waals surface area contributed by atoms with Crippen LogP contribution in [0.5, 0.6) is 0 Å². The molecule has 44 heavy (non-hydrogen) atoms. The Kier molecular flexibility index (Phi) is 33.5. The molecule has 0 rings (SSSR count). The molecule has 4 heteroatoms. The summed E-state index contributed by atoms with van der Waals surface area (Å²) in [6.45, 7) is 4.49. The number of rotatable bonds is 28. The number of carbonyl (C=O) groups excluding carboxylic acids is 2. The zero-order valence-corrected chi connectivity index (χ0v) is 28.0. The lowest BCUT2D eigenvalue weighted by atomic mass is 10.1. The van der Waals surface area contributed by atoms with Crippen molar-refractivity contribution in [3.8, 4) is 0 Å². The molecule has 0 aromatic carbocycles. The van der Waals surface area contributed by atoms with Gasteiger partial charge in [0.1, 0.15) is 0 Å². The van der Waals surface area contributed by atoms with Crippen molar-refractivity contribution in [3.63, 3.8) is 0 Å². The van der Waals surface area contributed by atoms with Crippen molar-refractivity contribution in [3.05, 3.63) is 97.2 Å². The van der Waals surface area contributed by atoms with Crippen molar-refractivity contribution in [1.29, 1.82) is 0 Å². The van der Waals surface area contributed by atoms with Gasteiger partial charge >= 0.3 is 11.9 Å². The van der Waals surface area contributed by atoms with E-state index in [1.165, 1.54) is 89.5 Å². The minimum Gasteiger partial charge on any atom is -0.247 e. The normalized spacial score (nSPS) is 12.7. The van der Waals surface area contributed by atoms with Crippen LogP contribution in [0, 0.1) is 0 Å². The molecule has 4 nitrogen and oxygen atoms in total. The Morgan fingerprint density at radius 2 is 0.864 bits per heavy atom. The second kappa shape index (κ2) is 36.1. The number of unbranched alkanes of at least 4 members (excludes halogenated alkanes) is 13. The van der Waals surface area contributed by atoms with Gasteiger partial charge in [-0.25, -0.2) is 19.4 Å². The van der Waals surface area contributed by atoms with E-state index in [9.17, 15) is 9.59 Å². The predicted molar refractivity (Wildman–Crippen MR) is 189 cm³/mol. The molecule has 0 saturated heterocycles. The van der Waals surface area contributed by atoms with Crippen LogP contribution in [0.3, 0.4) is 0 Å². The molecule has 0 saturated carbocycles. The van der Waals surface area contributed by atoms with Gasteiger partial charge in [-0.3, -0.25) is 0 Å². The molecule has 246 valence electrons. The van der Waals surface area contributed by atoms with E-state index >= 15 is 0 Å². The minimum atomic E-state index is -0.715. The first kappa shape index (κ1) is 40.9. The minimum absolute atomic E-state index is 0.201. The molecule has 0 aliphatic rings. The monoisotopic (exact) mass is 606 g/mol. The zero-order chi connectivity index (χ0) is 32.0. The first-order valence-electron chi connectivity index (χ1n) is 17.4. The maximum absolute atomic E-state index is 11.7. The number of hydrogen-bond acceptors (Lipinski definition) is 4. The highest BCUT2D eigenvalue weighted by molar-refractivity contribution is 5.82. The van der Waals surface area contributed by atoms with Gasteiger partial charge in [-0.15, -0.1) is 0 Å². The fourth-order valence-electron chi connectivity index (χ4n) is 4.22. The Bertz CT molecular complexity index is 898. The highest BCUT2D eigenvalue weighted by Crippen LogP contribution is 2.10. The summed E-state index contributed by atoms with van der Waals surface area (Å²) in [7, 11) is 0. The van der Waals surface area contributed by atoms with E-state index in [1.54, 1.807) is 12.2 Å². The summed E-state index contributed by atoms with van der Waals surface area (Å²) in [4.78, 5) is 32.5. The van der Waals surface area contributed by atoms with Crippen LogP contribution in [0.25, 0.3) is 0 Å². The average molecular weight is 607 g/mol. The van der Waals surface area contributed by atoms with Crippen molar-refractivity contribution in [1.82, 2.24) is 0 Å². The van der Waals surface area contributed by atoms with Crippen LogP contribution >= 0.6 is 0 Å². The van der Waals surface area contributed by atoms with Crippen LogP contribution in [-0.2, 0) is 19.4 Å². The van der Waals surface area contributed by atoms with Gasteiger partial charge in [0.15, 0.2) is 0 Å². The van der Waals surface area contributed by atoms with Crippen molar-refractivity contribution < 1.29 is 19.4 Å². The van der Waals surface area contributed by atoms with Crippen LogP contribution in [-0.4, -0.2) is 11.9 Å². The van der Waals surface area contributed by atoms with E-state index in [4.69, 9.17) is 0 Å². The molecule has 0 spiro atoms. The lowest BCUT2D eigenvalue weighted by Crippen LogP contribution is -2.09. The average Bonchev–Trinajstić information content (AvgIpc) is 3.03. The van der Waals surface area contributed by atoms with Crippen LogP contribution < -0.4 is 0 Å². The third-order valence-electron chi connectivity index (χ3n) is 6.82. The van der Waals surface area contributed by atoms with E-state index in [2.05, 4.69) is 84.4 Å². The summed E-state index contributed by atoms with van der Waals surface area (Å²) in [6.07, 6.45) is 54.6. The Hall–Kier alpha value is -3.14. The topological polar surface area (TPSA) is 52.6 Å². The van der Waals surface area contributed by atoms with Crippen molar-refractivity contribution in [2.24, 2.45) is 0 Å². The van der Waals surface area contributed by atoms with Gasteiger partial charge in [0.05, 0.1) is 6.42 Å². The fourth-order valence-corrected chi connectivity index (χ4v) is 4.22. The Balaban J connectivity index is 3.69. The van der Waals surface area contributed by atoms with E-state index < -0.39 is 11.9 Å². The fraction of sp³-hybridized carbons (Fsp3) is 0.550. The maximum atomic E-state index is 11.7. The molecule has 0 unspecified atom stereocenters. The molecule has 0 amide bonds. The van der Waals surface area contributed by atoms with Gasteiger partial charge in [0, 0.05) is 6.08 Å². The molecule has 0 radical (unpaired) electrons. The van der Waals surface area contributed by atoms with Crippen LogP contribution in [0.4, 0.5) is 0 Å². The number of hydrogen-bond donors (Lipinski definition) is 0. The van der Waals surface area contributed by atoms with E-state index in [1.807, 2.05) is 18.2 Å². The number of carbonyl (C=O) groups is 2. The largest absolute Gasteiger partial charge is 0.379 e. The van der Waals surface area contributed by atoms with Gasteiger partial charge in [-0.05, 0) is 57.8 Å². The molecule has 0 aliphatic heterocycles. The second-order valence-corrected chi connectivity index (χ2v) is 11.0. The first-order valence-corrected chi connectivity index (χ1v) is 17.4. The molecule has 0 aromatic heterocycles. The summed E-state index contributed by atoms with van der Waals surface area (Å²) in [5.41, 5.74) is 0. The van der Waals surface area contributed by atoms with Crippen LogP contribution in [0.1, 0.15) is 142 Å². The summed E-state index contributed by atoms with van der Waals surface area (Å²) in [5, 5.41) is 0. The molecule has 0 atom stereocenters. The predicted octanol–water partition coefficient (Wildman–Crippen LogP) is 12.3. The van der Waals surface area contributed by atoms with E-state index in [0.717, 1.165) is 32.1 Å². The lowest BCUT2D eigenvalue weighted by Gasteiger charge is -2.00. The maximum Gasteiger partial charge on any atom is 0.379 e. The second-order valence-electron chi connectivity index (χ2n) is 11.0. The summed E-state index contributed by atoms with van der Waals surface area (Å²) >= 11 is 0. The van der Waals surface area contributed by atoms with Crippen LogP contribution in [0.2, 0.25) is 0 Å². The standard InChI is InChI=1S/C40H62O4/c1-3-5-7-9-11-13-15-17-19-21-23-25-27-29-31-33-35-37-39(41)43-44-40(42)38-36-34-32-30-28-26-24-22-20-18-16-14-12-10-8-6-4-2/h11,13,17,19,23-26,28-32,34,36,38H,3-10,12,14-16,18,20-22,27,33,35,37H2,1-2H3/b13-11-,19-17-,25-23-,26-24+,30-28+,31-29-,34-32+,38-36+. The van der Waals surface area contributed by atoms with Gasteiger partial charge in [0.2, 0.25) is 0 Å². The zero-order valence-electron chi connectivity index (χ0n) is 28.0. The van der Waals surface area contributed by atoms with Gasteiger partial charge in [0.25, 0.3) is 0 Å². The van der Waals surface area contributed by atoms with Gasteiger partial charge in [-0.2, -0.15) is 0 Å². The molecule has 0 N–H and O–H groups in total. The van der Waals surface area contributed by atoms with Crippen molar-refractivity contribution in [2.45, 2.75) is 142 Å². The molecule has 0 heterocycles. The first-order chi connectivity index (χ1) is 21.7. The van der Waals surface area contributed by atoms with E-state index in [-0.39, 0.29) is 6.42 Å². The highest BCUT2D eigenvalue weighted by atomic mass is 17.2. The quantitative estimate of drug-likeness (QED) is 0.0222. The summed E-state index contributed by atoms with van der Waals surface area (Å²) in [5.74, 6) is -1.26. The highest BCUT2D eigenvalue weighted by Gasteiger charge is 2.06. The Morgan fingerprint density at radius 1 is 0.432 bits per heavy atom. The van der Waals surface area contributed by atoms with Gasteiger partial charge < -0.3 is 0 Å². The van der Waals surface area contributed by atoms with Gasteiger partial charge in [-0.1, -0.05) is 169 Å². The molecule has 0 fully saturated rings. The summed E-state index contributed by atoms with van der Waals surface area (Å²) in [6, 6.07) is 0. The molecule has 0 aromatic rings.